The summed E-state index contributed by atoms with van der Waals surface area (Å²) in [7, 11) is 0. The third-order valence-corrected chi connectivity index (χ3v) is 5.74. The van der Waals surface area contributed by atoms with Gasteiger partial charge in [0.1, 0.15) is 0 Å². The highest BCUT2D eigenvalue weighted by atomic mass is 16.5. The fourth-order valence-electron chi connectivity index (χ4n) is 3.71. The molecule has 0 unspecified atom stereocenters. The summed E-state index contributed by atoms with van der Waals surface area (Å²) >= 11 is 0. The molecule has 0 aliphatic heterocycles. The van der Waals surface area contributed by atoms with Crippen LogP contribution in [0.25, 0.3) is 0 Å². The van der Waals surface area contributed by atoms with Gasteiger partial charge in [-0.1, -0.05) is 122 Å². The van der Waals surface area contributed by atoms with Gasteiger partial charge in [-0.05, 0) is 19.3 Å². The van der Waals surface area contributed by atoms with Crippen LogP contribution in [-0.2, 0) is 19.1 Å². The van der Waals surface area contributed by atoms with Gasteiger partial charge in [-0.3, -0.25) is 9.59 Å². The van der Waals surface area contributed by atoms with Crippen molar-refractivity contribution in [2.75, 3.05) is 13.2 Å². The van der Waals surface area contributed by atoms with E-state index in [0.717, 1.165) is 25.7 Å². The van der Waals surface area contributed by atoms with Crippen LogP contribution in [0.1, 0.15) is 142 Å². The fraction of sp³-hybridized carbons (Fsp3) is 0.857. The molecule has 32 heavy (non-hydrogen) atoms. The number of hydrogen-bond donors (Lipinski definition) is 0. The first-order chi connectivity index (χ1) is 15.7. The van der Waals surface area contributed by atoms with E-state index in [9.17, 15) is 9.59 Å². The van der Waals surface area contributed by atoms with Crippen LogP contribution < -0.4 is 0 Å². The lowest BCUT2D eigenvalue weighted by molar-refractivity contribution is -0.150. The molecular weight excluding hydrogens is 400 g/mol. The van der Waals surface area contributed by atoms with Gasteiger partial charge in [-0.25, -0.2) is 0 Å². The minimum atomic E-state index is -0.325. The van der Waals surface area contributed by atoms with Crippen molar-refractivity contribution in [3.8, 4) is 0 Å². The maximum atomic E-state index is 11.7. The van der Waals surface area contributed by atoms with Crippen molar-refractivity contribution >= 4 is 11.9 Å². The highest BCUT2D eigenvalue weighted by Gasteiger charge is 2.08. The summed E-state index contributed by atoms with van der Waals surface area (Å²) in [5.74, 6) is -0.622. The van der Waals surface area contributed by atoms with Crippen LogP contribution >= 0.6 is 0 Å². The van der Waals surface area contributed by atoms with E-state index in [2.05, 4.69) is 13.8 Å². The summed E-state index contributed by atoms with van der Waals surface area (Å²) in [5, 5.41) is 0. The molecule has 188 valence electrons. The maximum Gasteiger partial charge on any atom is 0.306 e. The van der Waals surface area contributed by atoms with Gasteiger partial charge in [0, 0.05) is 0 Å². The Balaban J connectivity index is 3.25. The lowest BCUT2D eigenvalue weighted by Gasteiger charge is -2.06. The maximum absolute atomic E-state index is 11.7. The van der Waals surface area contributed by atoms with Crippen molar-refractivity contribution in [1.29, 1.82) is 0 Å². The van der Waals surface area contributed by atoms with Gasteiger partial charge in [0.15, 0.2) is 0 Å². The predicted molar refractivity (Wildman–Crippen MR) is 135 cm³/mol. The molecule has 0 amide bonds. The number of allylic oxidation sites excluding steroid dienone is 1. The van der Waals surface area contributed by atoms with Crippen LogP contribution in [0.3, 0.4) is 0 Å². The lowest BCUT2D eigenvalue weighted by atomic mass is 10.0. The Hall–Kier alpha value is -1.32. The van der Waals surface area contributed by atoms with E-state index in [1.165, 1.54) is 89.9 Å². The SMILES string of the molecule is CC/C=C\CCOC(=O)CCC(=O)OCCCCCCCCCCCCCCCCCC. The summed E-state index contributed by atoms with van der Waals surface area (Å²) in [4.78, 5) is 23.2. The zero-order valence-corrected chi connectivity index (χ0v) is 21.3. The van der Waals surface area contributed by atoms with Crippen molar-refractivity contribution in [3.63, 3.8) is 0 Å². The summed E-state index contributed by atoms with van der Waals surface area (Å²) < 4.78 is 10.3. The molecular formula is C28H52O4. The lowest BCUT2D eigenvalue weighted by Crippen LogP contribution is -2.11. The summed E-state index contributed by atoms with van der Waals surface area (Å²) in [5.41, 5.74) is 0. The third-order valence-electron chi connectivity index (χ3n) is 5.74. The van der Waals surface area contributed by atoms with Gasteiger partial charge < -0.3 is 9.47 Å². The first-order valence-electron chi connectivity index (χ1n) is 13.7. The Morgan fingerprint density at radius 1 is 0.531 bits per heavy atom. The number of carbonyl (C=O) groups excluding carboxylic acids is 2. The smallest absolute Gasteiger partial charge is 0.306 e. The monoisotopic (exact) mass is 452 g/mol. The second kappa shape index (κ2) is 25.9. The summed E-state index contributed by atoms with van der Waals surface area (Å²) in [6.07, 6.45) is 27.2. The minimum Gasteiger partial charge on any atom is -0.466 e. The molecule has 0 aliphatic rings. The highest BCUT2D eigenvalue weighted by Crippen LogP contribution is 2.13. The topological polar surface area (TPSA) is 52.6 Å². The van der Waals surface area contributed by atoms with Crippen LogP contribution in [0.4, 0.5) is 0 Å². The van der Waals surface area contributed by atoms with Crippen LogP contribution in [0.5, 0.6) is 0 Å². The second-order valence-electron chi connectivity index (χ2n) is 8.91. The van der Waals surface area contributed by atoms with E-state index < -0.39 is 0 Å². The zero-order chi connectivity index (χ0) is 23.5. The molecule has 0 atom stereocenters. The number of unbranched alkanes of at least 4 members (excludes halogenated alkanes) is 15. The Kier molecular flexibility index (Phi) is 24.9. The normalized spacial score (nSPS) is 11.2. The first kappa shape index (κ1) is 30.7. The van der Waals surface area contributed by atoms with Crippen molar-refractivity contribution < 1.29 is 19.1 Å². The Labute approximate surface area is 198 Å². The molecule has 0 fully saturated rings. The summed E-state index contributed by atoms with van der Waals surface area (Å²) in [6, 6.07) is 0. The highest BCUT2D eigenvalue weighted by molar-refractivity contribution is 5.77. The van der Waals surface area contributed by atoms with Gasteiger partial charge in [-0.15, -0.1) is 0 Å². The standard InChI is InChI=1S/C28H52O4/c1-3-5-7-9-10-11-12-13-14-15-16-17-18-19-20-22-26-32-28(30)24-23-27(29)31-25-21-8-6-4-2/h6,8H,3-5,7,9-26H2,1-2H3/b8-6-. The van der Waals surface area contributed by atoms with Crippen molar-refractivity contribution in [2.24, 2.45) is 0 Å². The quantitative estimate of drug-likeness (QED) is 0.0837. The van der Waals surface area contributed by atoms with Crippen LogP contribution in [0.2, 0.25) is 0 Å². The van der Waals surface area contributed by atoms with E-state index in [-0.39, 0.29) is 24.8 Å². The zero-order valence-electron chi connectivity index (χ0n) is 21.3. The Bertz CT molecular complexity index is 445. The number of carbonyl (C=O) groups is 2. The van der Waals surface area contributed by atoms with E-state index >= 15 is 0 Å². The third kappa shape index (κ3) is 24.9. The van der Waals surface area contributed by atoms with Gasteiger partial charge in [0.25, 0.3) is 0 Å². The second-order valence-corrected chi connectivity index (χ2v) is 8.91. The number of rotatable bonds is 24. The summed E-state index contributed by atoms with van der Waals surface area (Å²) in [6.45, 7) is 5.18. The molecule has 0 rings (SSSR count). The van der Waals surface area contributed by atoms with Crippen molar-refractivity contribution in [2.45, 2.75) is 142 Å². The van der Waals surface area contributed by atoms with Crippen molar-refractivity contribution in [1.82, 2.24) is 0 Å². The van der Waals surface area contributed by atoms with E-state index in [1.807, 2.05) is 12.2 Å². The molecule has 4 heteroatoms. The minimum absolute atomic E-state index is 0.106. The molecule has 0 radical (unpaired) electrons. The molecule has 0 spiro atoms. The van der Waals surface area contributed by atoms with E-state index in [1.54, 1.807) is 0 Å². The van der Waals surface area contributed by atoms with Crippen LogP contribution in [-0.4, -0.2) is 25.2 Å². The van der Waals surface area contributed by atoms with Crippen molar-refractivity contribution in [3.05, 3.63) is 12.2 Å². The fourth-order valence-corrected chi connectivity index (χ4v) is 3.71. The molecule has 4 nitrogen and oxygen atoms in total. The van der Waals surface area contributed by atoms with Gasteiger partial charge in [-0.2, -0.15) is 0 Å². The average Bonchev–Trinajstić information content (AvgIpc) is 2.79. The largest absolute Gasteiger partial charge is 0.466 e. The molecule has 0 bridgehead atoms. The number of esters is 2. The predicted octanol–water partition coefficient (Wildman–Crippen LogP) is 8.47. The molecule has 0 aliphatic carbocycles. The molecule has 0 heterocycles. The van der Waals surface area contributed by atoms with Gasteiger partial charge in [0.2, 0.25) is 0 Å². The number of ether oxygens (including phenoxy) is 2. The molecule has 0 aromatic heterocycles. The molecule has 0 aromatic carbocycles. The van der Waals surface area contributed by atoms with Gasteiger partial charge >= 0.3 is 11.9 Å². The molecule has 0 aromatic rings. The Morgan fingerprint density at radius 3 is 1.38 bits per heavy atom. The molecule has 0 saturated carbocycles. The molecule has 0 saturated heterocycles. The molecule has 0 N–H and O–H groups in total. The van der Waals surface area contributed by atoms with Crippen LogP contribution in [0, 0.1) is 0 Å². The van der Waals surface area contributed by atoms with E-state index in [0.29, 0.717) is 13.2 Å². The Morgan fingerprint density at radius 2 is 0.938 bits per heavy atom. The number of hydrogen-bond acceptors (Lipinski definition) is 4. The van der Waals surface area contributed by atoms with E-state index in [4.69, 9.17) is 9.47 Å². The van der Waals surface area contributed by atoms with Gasteiger partial charge in [0.05, 0.1) is 26.1 Å². The first-order valence-corrected chi connectivity index (χ1v) is 13.7. The van der Waals surface area contributed by atoms with Crippen LogP contribution in [0.15, 0.2) is 12.2 Å². The average molecular weight is 453 g/mol.